The fourth-order valence-corrected chi connectivity index (χ4v) is 7.05. The van der Waals surface area contributed by atoms with Gasteiger partial charge in [0, 0.05) is 29.1 Å². The minimum atomic E-state index is -3.94. The Balaban J connectivity index is 1.42. The highest BCUT2D eigenvalue weighted by atomic mass is 35.5. The lowest BCUT2D eigenvalue weighted by atomic mass is 9.94. The van der Waals surface area contributed by atoms with E-state index in [1.54, 1.807) is 30.3 Å². The lowest BCUT2D eigenvalue weighted by molar-refractivity contribution is -0.139. The molecule has 0 unspecified atom stereocenters. The fourth-order valence-electron chi connectivity index (χ4n) is 5.01. The van der Waals surface area contributed by atoms with Gasteiger partial charge in [0.25, 0.3) is 5.91 Å². The molecule has 1 atom stereocenters. The second-order valence-electron chi connectivity index (χ2n) is 10.2. The van der Waals surface area contributed by atoms with E-state index in [0.717, 1.165) is 12.1 Å². The van der Waals surface area contributed by atoms with Crippen LogP contribution in [0.2, 0.25) is 10.0 Å². The molecule has 1 heterocycles. The van der Waals surface area contributed by atoms with Crippen molar-refractivity contribution in [1.29, 1.82) is 5.26 Å². The number of nitrogens with one attached hydrogen (secondary N) is 1. The standard InChI is InChI=1S/C33H21Cl2F2N3O5S/c34-24-11-18(16-38)12-25(35)29(24)23-9-8-20(22-7-4-10-39-31(22)23)15-28(33(42)43)40-32(41)30-26(36)13-19(14-27(30)37)17-46(44,45)21-5-2-1-3-6-21/h1-14,28H,15,17H2,(H,40,41)(H,42,43)/t28-/m0/s1. The molecule has 8 nitrogen and oxygen atoms in total. The quantitative estimate of drug-likeness (QED) is 0.176. The van der Waals surface area contributed by atoms with Gasteiger partial charge in [-0.1, -0.05) is 59.6 Å². The zero-order valence-corrected chi connectivity index (χ0v) is 25.8. The Bertz CT molecular complexity index is 2130. The zero-order chi connectivity index (χ0) is 33.2. The number of halogens is 4. The number of aliphatic carboxylic acids is 1. The molecule has 5 aromatic rings. The van der Waals surface area contributed by atoms with Gasteiger partial charge in [-0.15, -0.1) is 0 Å². The lowest BCUT2D eigenvalue weighted by Gasteiger charge is -2.18. The summed E-state index contributed by atoms with van der Waals surface area (Å²) < 4.78 is 55.5. The highest BCUT2D eigenvalue weighted by molar-refractivity contribution is 7.90. The van der Waals surface area contributed by atoms with Crippen molar-refractivity contribution in [1.82, 2.24) is 10.3 Å². The summed E-state index contributed by atoms with van der Waals surface area (Å²) in [5, 5.41) is 22.2. The first kappa shape index (κ1) is 32.5. The summed E-state index contributed by atoms with van der Waals surface area (Å²) in [5.74, 6) is -6.24. The first-order chi connectivity index (χ1) is 21.9. The van der Waals surface area contributed by atoms with Crippen LogP contribution in [0.4, 0.5) is 8.78 Å². The molecule has 46 heavy (non-hydrogen) atoms. The third kappa shape index (κ3) is 6.70. The summed E-state index contributed by atoms with van der Waals surface area (Å²) in [4.78, 5) is 29.6. The molecule has 0 aliphatic heterocycles. The molecule has 4 aromatic carbocycles. The Kier molecular flexibility index (Phi) is 9.34. The number of hydrogen-bond acceptors (Lipinski definition) is 6. The zero-order valence-electron chi connectivity index (χ0n) is 23.5. The Hall–Kier alpha value is -4.89. The van der Waals surface area contributed by atoms with Gasteiger partial charge in [-0.2, -0.15) is 5.26 Å². The molecule has 0 saturated carbocycles. The van der Waals surface area contributed by atoms with Crippen molar-refractivity contribution < 1.29 is 31.9 Å². The number of sulfone groups is 1. The fraction of sp³-hybridized carbons (Fsp3) is 0.0909. The van der Waals surface area contributed by atoms with Crippen LogP contribution in [0.25, 0.3) is 22.0 Å². The van der Waals surface area contributed by atoms with Crippen LogP contribution in [-0.4, -0.2) is 36.4 Å². The van der Waals surface area contributed by atoms with E-state index in [1.165, 1.54) is 42.6 Å². The highest BCUT2D eigenvalue weighted by Crippen LogP contribution is 2.39. The van der Waals surface area contributed by atoms with Crippen LogP contribution in [0.15, 0.2) is 90.0 Å². The van der Waals surface area contributed by atoms with E-state index in [2.05, 4.69) is 10.3 Å². The summed E-state index contributed by atoms with van der Waals surface area (Å²) in [6.45, 7) is 0. The number of fused-ring (bicyclic) bond motifs is 1. The number of nitriles is 1. The smallest absolute Gasteiger partial charge is 0.326 e. The van der Waals surface area contributed by atoms with E-state index < -0.39 is 50.7 Å². The Labute approximate surface area is 271 Å². The van der Waals surface area contributed by atoms with Gasteiger partial charge >= 0.3 is 5.97 Å². The van der Waals surface area contributed by atoms with Gasteiger partial charge in [0.1, 0.15) is 23.2 Å². The van der Waals surface area contributed by atoms with E-state index in [-0.39, 0.29) is 32.5 Å². The number of amides is 1. The van der Waals surface area contributed by atoms with Crippen molar-refractivity contribution in [2.24, 2.45) is 0 Å². The minimum absolute atomic E-state index is 0.0409. The number of rotatable bonds is 9. The van der Waals surface area contributed by atoms with E-state index in [0.29, 0.717) is 27.6 Å². The molecule has 13 heteroatoms. The molecule has 0 aliphatic rings. The number of carbonyl (C=O) groups excluding carboxylic acids is 1. The number of carbonyl (C=O) groups is 2. The molecule has 0 radical (unpaired) electrons. The van der Waals surface area contributed by atoms with Gasteiger partial charge in [-0.25, -0.2) is 22.0 Å². The van der Waals surface area contributed by atoms with Crippen LogP contribution < -0.4 is 5.32 Å². The summed E-state index contributed by atoms with van der Waals surface area (Å²) in [6.07, 6.45) is 1.22. The topological polar surface area (TPSA) is 137 Å². The number of nitrogens with zero attached hydrogens (tertiary/aromatic N) is 2. The van der Waals surface area contributed by atoms with Gasteiger partial charge in [-0.3, -0.25) is 9.78 Å². The van der Waals surface area contributed by atoms with E-state index in [9.17, 15) is 28.4 Å². The average molecular weight is 681 g/mol. The molecule has 1 aromatic heterocycles. The monoisotopic (exact) mass is 679 g/mol. The van der Waals surface area contributed by atoms with Gasteiger partial charge < -0.3 is 10.4 Å². The molecule has 0 spiro atoms. The van der Waals surface area contributed by atoms with Crippen molar-refractivity contribution in [3.63, 3.8) is 0 Å². The molecular formula is C33H21Cl2F2N3O5S. The van der Waals surface area contributed by atoms with Crippen molar-refractivity contribution in [2.45, 2.75) is 23.1 Å². The summed E-state index contributed by atoms with van der Waals surface area (Å²) in [5.41, 5.74) is 0.725. The number of hydrogen-bond donors (Lipinski definition) is 2. The normalized spacial score (nSPS) is 12.0. The maximum absolute atomic E-state index is 15.1. The van der Waals surface area contributed by atoms with Gasteiger partial charge in [0.05, 0.1) is 37.8 Å². The van der Waals surface area contributed by atoms with Crippen LogP contribution >= 0.6 is 23.2 Å². The van der Waals surface area contributed by atoms with Crippen LogP contribution in [0.5, 0.6) is 0 Å². The van der Waals surface area contributed by atoms with E-state index in [4.69, 9.17) is 23.2 Å². The number of pyridine rings is 1. The molecule has 1 amide bonds. The van der Waals surface area contributed by atoms with Gasteiger partial charge in [-0.05, 0) is 53.6 Å². The number of carboxylic acid groups (broad SMARTS) is 1. The molecule has 0 bridgehead atoms. The third-order valence-electron chi connectivity index (χ3n) is 7.12. The maximum atomic E-state index is 15.1. The summed E-state index contributed by atoms with van der Waals surface area (Å²) >= 11 is 12.9. The number of benzene rings is 4. The largest absolute Gasteiger partial charge is 0.480 e. The molecule has 0 aliphatic carbocycles. The van der Waals surface area contributed by atoms with Crippen molar-refractivity contribution >= 4 is 55.8 Å². The van der Waals surface area contributed by atoms with Gasteiger partial charge in [0.2, 0.25) is 0 Å². The predicted octanol–water partition coefficient (Wildman–Crippen LogP) is 6.76. The van der Waals surface area contributed by atoms with Crippen LogP contribution in [0.3, 0.4) is 0 Å². The minimum Gasteiger partial charge on any atom is -0.480 e. The van der Waals surface area contributed by atoms with E-state index in [1.807, 2.05) is 6.07 Å². The summed E-state index contributed by atoms with van der Waals surface area (Å²) in [6, 6.07) is 18.5. The molecule has 0 saturated heterocycles. The average Bonchev–Trinajstić information content (AvgIpc) is 3.01. The second kappa shape index (κ2) is 13.2. The van der Waals surface area contributed by atoms with Crippen LogP contribution in [-0.2, 0) is 26.8 Å². The second-order valence-corrected chi connectivity index (χ2v) is 13.0. The van der Waals surface area contributed by atoms with Crippen molar-refractivity contribution in [2.75, 3.05) is 0 Å². The predicted molar refractivity (Wildman–Crippen MR) is 168 cm³/mol. The Morgan fingerprint density at radius 1 is 0.957 bits per heavy atom. The number of carboxylic acids is 1. The molecule has 2 N–H and O–H groups in total. The number of aromatic nitrogens is 1. The van der Waals surface area contributed by atoms with Crippen molar-refractivity contribution in [3.8, 4) is 17.2 Å². The highest BCUT2D eigenvalue weighted by Gasteiger charge is 2.27. The molecule has 5 rings (SSSR count). The third-order valence-corrected chi connectivity index (χ3v) is 9.42. The first-order valence-corrected chi connectivity index (χ1v) is 15.9. The molecule has 232 valence electrons. The first-order valence-electron chi connectivity index (χ1n) is 13.4. The Morgan fingerprint density at radius 3 is 2.22 bits per heavy atom. The SMILES string of the molecule is N#Cc1cc(Cl)c(-c2ccc(C[C@H](NC(=O)c3c(F)cc(CS(=O)(=O)c4ccccc4)cc3F)C(=O)O)c3cccnc23)c(Cl)c1. The van der Waals surface area contributed by atoms with Crippen molar-refractivity contribution in [3.05, 3.63) is 129 Å². The lowest BCUT2D eigenvalue weighted by Crippen LogP contribution is -2.43. The maximum Gasteiger partial charge on any atom is 0.326 e. The van der Waals surface area contributed by atoms with E-state index >= 15 is 8.78 Å². The molecular weight excluding hydrogens is 659 g/mol. The summed E-state index contributed by atoms with van der Waals surface area (Å²) in [7, 11) is -3.94. The molecule has 0 fully saturated rings. The van der Waals surface area contributed by atoms with Gasteiger partial charge in [0.15, 0.2) is 9.84 Å². The Morgan fingerprint density at radius 2 is 1.61 bits per heavy atom. The van der Waals surface area contributed by atoms with Crippen LogP contribution in [0, 0.1) is 23.0 Å². The van der Waals surface area contributed by atoms with Crippen LogP contribution in [0.1, 0.15) is 27.0 Å².